The number of benzene rings is 2. The maximum atomic E-state index is 12.1. The fourth-order valence-corrected chi connectivity index (χ4v) is 3.78. The summed E-state index contributed by atoms with van der Waals surface area (Å²) in [5.41, 5.74) is 2.54. The summed E-state index contributed by atoms with van der Waals surface area (Å²) in [6.45, 7) is 1.85. The molecule has 0 unspecified atom stereocenters. The number of fused-ring (bicyclic) bond motifs is 1. The first-order chi connectivity index (χ1) is 14.1. The van der Waals surface area contributed by atoms with Gasteiger partial charge in [-0.05, 0) is 42.9 Å². The van der Waals surface area contributed by atoms with Gasteiger partial charge in [-0.3, -0.25) is 10.1 Å². The fraction of sp³-hybridized carbons (Fsp3) is 0.0500. The highest BCUT2D eigenvalue weighted by Crippen LogP contribution is 2.31. The summed E-state index contributed by atoms with van der Waals surface area (Å²) in [6.07, 6.45) is 3.18. The summed E-state index contributed by atoms with van der Waals surface area (Å²) >= 11 is 6.73. The third kappa shape index (κ3) is 4.36. The molecule has 7 nitrogen and oxygen atoms in total. The second-order valence-corrected chi connectivity index (χ2v) is 7.45. The Morgan fingerprint density at radius 2 is 1.86 bits per heavy atom. The zero-order valence-electron chi connectivity index (χ0n) is 15.4. The lowest BCUT2D eigenvalue weighted by Gasteiger charge is -2.11. The van der Waals surface area contributed by atoms with E-state index >= 15 is 0 Å². The Bertz CT molecular complexity index is 1210. The summed E-state index contributed by atoms with van der Waals surface area (Å²) in [4.78, 5) is 12.9. The summed E-state index contributed by atoms with van der Waals surface area (Å²) < 4.78 is 1.70. The number of hydrogen-bond donors (Lipinski definition) is 2. The van der Waals surface area contributed by atoms with E-state index in [0.29, 0.717) is 4.96 Å². The first-order valence-electron chi connectivity index (χ1n) is 8.73. The Balaban J connectivity index is 1.47. The summed E-state index contributed by atoms with van der Waals surface area (Å²) in [5, 5.41) is 19.4. The molecule has 0 fully saturated rings. The number of carbonyl (C=O) groups excluding carboxylic acids is 1. The average Bonchev–Trinajstić information content (AvgIpc) is 3.29. The van der Waals surface area contributed by atoms with E-state index in [9.17, 15) is 4.79 Å². The van der Waals surface area contributed by atoms with Crippen LogP contribution in [0.25, 0.3) is 21.6 Å². The monoisotopic (exact) mass is 420 g/mol. The van der Waals surface area contributed by atoms with Crippen molar-refractivity contribution in [1.82, 2.24) is 25.1 Å². The second kappa shape index (κ2) is 8.29. The molecule has 0 atom stereocenters. The van der Waals surface area contributed by atoms with Crippen LogP contribution in [-0.2, 0) is 4.79 Å². The Morgan fingerprint density at radius 1 is 1.10 bits per heavy atom. The molecule has 0 aliphatic rings. The van der Waals surface area contributed by atoms with Gasteiger partial charge in [0.25, 0.3) is 0 Å². The van der Waals surface area contributed by atoms with Crippen LogP contribution in [0.4, 0.5) is 5.69 Å². The SMILES string of the molecule is Cc1nnc2sc(-c3ccccc3NC(=S)NC(=O)/C=C/c3ccccc3)nn12. The number of rotatable bonds is 4. The van der Waals surface area contributed by atoms with Crippen LogP contribution in [-0.4, -0.2) is 30.8 Å². The van der Waals surface area contributed by atoms with Crippen LogP contribution in [0.5, 0.6) is 0 Å². The van der Waals surface area contributed by atoms with Gasteiger partial charge in [0.1, 0.15) is 5.01 Å². The third-order valence-electron chi connectivity index (χ3n) is 4.02. The van der Waals surface area contributed by atoms with Gasteiger partial charge in [-0.15, -0.1) is 10.2 Å². The maximum Gasteiger partial charge on any atom is 0.250 e. The number of carbonyl (C=O) groups is 1. The molecule has 0 spiro atoms. The van der Waals surface area contributed by atoms with E-state index in [1.165, 1.54) is 17.4 Å². The molecule has 2 aromatic carbocycles. The van der Waals surface area contributed by atoms with Crippen molar-refractivity contribution in [3.8, 4) is 10.6 Å². The van der Waals surface area contributed by atoms with Gasteiger partial charge in [0, 0.05) is 11.6 Å². The van der Waals surface area contributed by atoms with Crippen LogP contribution in [0, 0.1) is 6.92 Å². The highest BCUT2D eigenvalue weighted by Gasteiger charge is 2.14. The molecule has 0 saturated carbocycles. The largest absolute Gasteiger partial charge is 0.332 e. The van der Waals surface area contributed by atoms with Crippen molar-refractivity contribution in [3.05, 3.63) is 72.1 Å². The maximum absolute atomic E-state index is 12.1. The van der Waals surface area contributed by atoms with Crippen LogP contribution < -0.4 is 10.6 Å². The van der Waals surface area contributed by atoms with Gasteiger partial charge in [0.15, 0.2) is 10.9 Å². The molecule has 2 aromatic heterocycles. The molecule has 1 amide bonds. The number of aryl methyl sites for hydroxylation is 1. The topological polar surface area (TPSA) is 84.2 Å². The second-order valence-electron chi connectivity index (χ2n) is 6.08. The predicted molar refractivity (Wildman–Crippen MR) is 119 cm³/mol. The first-order valence-corrected chi connectivity index (χ1v) is 9.96. The van der Waals surface area contributed by atoms with Gasteiger partial charge >= 0.3 is 0 Å². The van der Waals surface area contributed by atoms with Crippen molar-refractivity contribution < 1.29 is 4.79 Å². The highest BCUT2D eigenvalue weighted by molar-refractivity contribution is 7.80. The van der Waals surface area contributed by atoms with Crippen molar-refractivity contribution in [2.24, 2.45) is 0 Å². The van der Waals surface area contributed by atoms with Crippen molar-refractivity contribution in [1.29, 1.82) is 0 Å². The lowest BCUT2D eigenvalue weighted by molar-refractivity contribution is -0.115. The van der Waals surface area contributed by atoms with Crippen LogP contribution >= 0.6 is 23.6 Å². The average molecular weight is 421 g/mol. The molecule has 4 aromatic rings. The van der Waals surface area contributed by atoms with Crippen molar-refractivity contribution >= 4 is 51.3 Å². The highest BCUT2D eigenvalue weighted by atomic mass is 32.1. The molecule has 29 heavy (non-hydrogen) atoms. The van der Waals surface area contributed by atoms with Gasteiger partial charge in [-0.1, -0.05) is 53.8 Å². The molecule has 2 heterocycles. The third-order valence-corrected chi connectivity index (χ3v) is 5.15. The number of hydrogen-bond acceptors (Lipinski definition) is 6. The standard InChI is InChI=1S/C20H16N6OS2/c1-13-23-24-20-26(13)25-18(29-20)15-9-5-6-10-16(15)21-19(28)22-17(27)12-11-14-7-3-2-4-8-14/h2-12H,1H3,(H2,21,22,27,28)/b12-11+. The molecule has 0 aliphatic heterocycles. The first kappa shape index (κ1) is 18.9. The van der Waals surface area contributed by atoms with Crippen molar-refractivity contribution in [3.63, 3.8) is 0 Å². The Morgan fingerprint density at radius 3 is 2.66 bits per heavy atom. The minimum Gasteiger partial charge on any atom is -0.332 e. The number of nitrogens with one attached hydrogen (secondary N) is 2. The zero-order valence-corrected chi connectivity index (χ0v) is 17.0. The summed E-state index contributed by atoms with van der Waals surface area (Å²) in [7, 11) is 0. The Hall–Kier alpha value is -3.43. The van der Waals surface area contributed by atoms with Crippen LogP contribution in [0.1, 0.15) is 11.4 Å². The smallest absolute Gasteiger partial charge is 0.250 e. The van der Waals surface area contributed by atoms with E-state index in [1.807, 2.05) is 61.5 Å². The fourth-order valence-electron chi connectivity index (χ4n) is 2.65. The molecule has 9 heteroatoms. The van der Waals surface area contributed by atoms with Gasteiger partial charge in [-0.2, -0.15) is 9.61 Å². The van der Waals surface area contributed by atoms with E-state index in [1.54, 1.807) is 10.6 Å². The number of amides is 1. The number of para-hydroxylation sites is 1. The summed E-state index contributed by atoms with van der Waals surface area (Å²) in [5.74, 6) is 0.416. The molecule has 4 rings (SSSR count). The van der Waals surface area contributed by atoms with Crippen LogP contribution in [0.2, 0.25) is 0 Å². The minimum atomic E-state index is -0.307. The van der Waals surface area contributed by atoms with E-state index in [2.05, 4.69) is 25.9 Å². The van der Waals surface area contributed by atoms with Gasteiger partial charge in [-0.25, -0.2) is 0 Å². The molecular weight excluding hydrogens is 404 g/mol. The normalized spacial score (nSPS) is 11.1. The van der Waals surface area contributed by atoms with Gasteiger partial charge < -0.3 is 5.32 Å². The molecule has 0 bridgehead atoms. The number of anilines is 1. The zero-order chi connectivity index (χ0) is 20.2. The van der Waals surface area contributed by atoms with E-state index in [4.69, 9.17) is 12.2 Å². The Labute approximate surface area is 176 Å². The van der Waals surface area contributed by atoms with E-state index < -0.39 is 0 Å². The van der Waals surface area contributed by atoms with Gasteiger partial charge in [0.2, 0.25) is 10.9 Å². The number of thiocarbonyl (C=S) groups is 1. The number of aromatic nitrogens is 4. The van der Waals surface area contributed by atoms with Gasteiger partial charge in [0.05, 0.1) is 5.69 Å². The summed E-state index contributed by atoms with van der Waals surface area (Å²) in [6, 6.07) is 17.2. The van der Waals surface area contributed by atoms with Crippen molar-refractivity contribution in [2.45, 2.75) is 6.92 Å². The molecule has 0 radical (unpaired) electrons. The van der Waals surface area contributed by atoms with Crippen molar-refractivity contribution in [2.75, 3.05) is 5.32 Å². The molecule has 0 aliphatic carbocycles. The molecular formula is C20H16N6OS2. The molecule has 144 valence electrons. The molecule has 0 saturated heterocycles. The number of nitrogens with zero attached hydrogens (tertiary/aromatic N) is 4. The Kier molecular flexibility index (Phi) is 5.41. The molecule has 2 N–H and O–H groups in total. The quantitative estimate of drug-likeness (QED) is 0.387. The lowest BCUT2D eigenvalue weighted by Crippen LogP contribution is -2.32. The van der Waals surface area contributed by atoms with E-state index in [0.717, 1.165) is 27.6 Å². The minimum absolute atomic E-state index is 0.208. The van der Waals surface area contributed by atoms with E-state index in [-0.39, 0.29) is 11.0 Å². The lowest BCUT2D eigenvalue weighted by atomic mass is 10.2. The predicted octanol–water partition coefficient (Wildman–Crippen LogP) is 3.69. The van der Waals surface area contributed by atoms with Crippen LogP contribution in [0.3, 0.4) is 0 Å². The van der Waals surface area contributed by atoms with Crippen LogP contribution in [0.15, 0.2) is 60.7 Å².